The Labute approximate surface area is 84.4 Å². The minimum atomic E-state index is 0.0189. The first-order valence-electron chi connectivity index (χ1n) is 4.92. The van der Waals surface area contributed by atoms with Crippen LogP contribution in [0.1, 0.15) is 19.5 Å². The first-order chi connectivity index (χ1) is 6.61. The summed E-state index contributed by atoms with van der Waals surface area (Å²) >= 11 is 0. The van der Waals surface area contributed by atoms with Crippen molar-refractivity contribution >= 4 is 5.82 Å². The molecule has 0 unspecified atom stereocenters. The normalized spacial score (nSPS) is 19.2. The number of hydrogen-bond acceptors (Lipinski definition) is 3. The highest BCUT2D eigenvalue weighted by atomic mass is 16.3. The molecule has 76 valence electrons. The lowest BCUT2D eigenvalue weighted by Crippen LogP contribution is -2.53. The molecule has 0 saturated carbocycles. The Balaban J connectivity index is 2.11. The molecule has 0 aliphatic carbocycles. The van der Waals surface area contributed by atoms with Crippen LogP contribution in [0.2, 0.25) is 0 Å². The quantitative estimate of drug-likeness (QED) is 0.770. The summed E-state index contributed by atoms with van der Waals surface area (Å²) in [6.45, 7) is 6.62. The minimum absolute atomic E-state index is 0.0189. The van der Waals surface area contributed by atoms with Crippen LogP contribution in [0.4, 0.5) is 5.82 Å². The molecule has 2 heterocycles. The second-order valence-corrected chi connectivity index (χ2v) is 4.67. The van der Waals surface area contributed by atoms with Gasteiger partial charge >= 0.3 is 0 Å². The maximum Gasteiger partial charge on any atom is 0.128 e. The Hall–Kier alpha value is -1.09. The average Bonchev–Trinajstić information content (AvgIpc) is 2.14. The third-order valence-corrected chi connectivity index (χ3v) is 2.52. The van der Waals surface area contributed by atoms with Crippen LogP contribution in [0, 0.1) is 5.41 Å². The molecule has 1 aliphatic rings. The molecule has 3 heteroatoms. The first kappa shape index (κ1) is 9.46. The van der Waals surface area contributed by atoms with E-state index in [4.69, 9.17) is 5.11 Å². The average molecular weight is 192 g/mol. The van der Waals surface area contributed by atoms with Crippen molar-refractivity contribution < 1.29 is 5.11 Å². The largest absolute Gasteiger partial charge is 0.390 e. The van der Waals surface area contributed by atoms with Gasteiger partial charge in [-0.15, -0.1) is 0 Å². The van der Waals surface area contributed by atoms with Crippen LogP contribution in [0.3, 0.4) is 0 Å². The predicted octanol–water partition coefficient (Wildman–Crippen LogP) is 1.42. The van der Waals surface area contributed by atoms with Gasteiger partial charge in [-0.2, -0.15) is 0 Å². The molecular formula is C11H16N2O. The van der Waals surface area contributed by atoms with Gasteiger partial charge in [-0.3, -0.25) is 0 Å². The van der Waals surface area contributed by atoms with Crippen molar-refractivity contribution in [3.8, 4) is 0 Å². The molecule has 0 radical (unpaired) electrons. The Bertz CT molecular complexity index is 328. The zero-order valence-electron chi connectivity index (χ0n) is 8.70. The summed E-state index contributed by atoms with van der Waals surface area (Å²) in [5.74, 6) is 0.982. The molecule has 1 fully saturated rings. The van der Waals surface area contributed by atoms with Gasteiger partial charge in [0.2, 0.25) is 0 Å². The van der Waals surface area contributed by atoms with Crippen molar-refractivity contribution in [3.63, 3.8) is 0 Å². The number of pyridine rings is 1. The molecule has 1 aromatic rings. The second kappa shape index (κ2) is 3.24. The van der Waals surface area contributed by atoms with Gasteiger partial charge in [-0.1, -0.05) is 19.9 Å². The summed E-state index contributed by atoms with van der Waals surface area (Å²) in [5.41, 5.74) is 1.16. The highest BCUT2D eigenvalue weighted by Crippen LogP contribution is 2.32. The fraction of sp³-hybridized carbons (Fsp3) is 0.545. The van der Waals surface area contributed by atoms with E-state index in [9.17, 15) is 0 Å². The molecule has 1 N–H and O–H groups in total. The summed E-state index contributed by atoms with van der Waals surface area (Å²) < 4.78 is 0. The Morgan fingerprint density at radius 1 is 1.43 bits per heavy atom. The molecule has 1 aromatic heterocycles. The lowest BCUT2D eigenvalue weighted by molar-refractivity contribution is 0.269. The van der Waals surface area contributed by atoms with Crippen molar-refractivity contribution in [1.82, 2.24) is 4.98 Å². The van der Waals surface area contributed by atoms with Crippen LogP contribution in [-0.4, -0.2) is 23.2 Å². The summed E-state index contributed by atoms with van der Waals surface area (Å²) in [4.78, 5) is 6.59. The standard InChI is InChI=1S/C11H16N2O/c1-11(2)7-13(8-11)10-5-3-4-9(6-14)12-10/h3-5,14H,6-8H2,1-2H3. The van der Waals surface area contributed by atoms with E-state index in [0.717, 1.165) is 24.6 Å². The molecule has 0 atom stereocenters. The van der Waals surface area contributed by atoms with Crippen molar-refractivity contribution in [2.45, 2.75) is 20.5 Å². The molecule has 3 nitrogen and oxygen atoms in total. The van der Waals surface area contributed by atoms with Crippen LogP contribution in [0.15, 0.2) is 18.2 Å². The van der Waals surface area contributed by atoms with E-state index in [2.05, 4.69) is 23.7 Å². The number of aliphatic hydroxyl groups is 1. The number of hydrogen-bond donors (Lipinski definition) is 1. The monoisotopic (exact) mass is 192 g/mol. The van der Waals surface area contributed by atoms with E-state index in [-0.39, 0.29) is 6.61 Å². The van der Waals surface area contributed by atoms with E-state index >= 15 is 0 Å². The Morgan fingerprint density at radius 2 is 2.14 bits per heavy atom. The SMILES string of the molecule is CC1(C)CN(c2cccc(CO)n2)C1. The van der Waals surface area contributed by atoms with E-state index < -0.39 is 0 Å². The third kappa shape index (κ3) is 1.73. The Morgan fingerprint density at radius 3 is 2.71 bits per heavy atom. The minimum Gasteiger partial charge on any atom is -0.390 e. The highest BCUT2D eigenvalue weighted by Gasteiger charge is 2.34. The van der Waals surface area contributed by atoms with E-state index in [0.29, 0.717) is 5.41 Å². The van der Waals surface area contributed by atoms with Crippen molar-refractivity contribution in [1.29, 1.82) is 0 Å². The predicted molar refractivity (Wildman–Crippen MR) is 56.2 cm³/mol. The molecule has 0 aromatic carbocycles. The molecule has 0 amide bonds. The van der Waals surface area contributed by atoms with Gasteiger partial charge in [0.15, 0.2) is 0 Å². The van der Waals surface area contributed by atoms with Crippen LogP contribution in [0.5, 0.6) is 0 Å². The van der Waals surface area contributed by atoms with Crippen molar-refractivity contribution in [3.05, 3.63) is 23.9 Å². The van der Waals surface area contributed by atoms with Gasteiger partial charge in [0.05, 0.1) is 12.3 Å². The van der Waals surface area contributed by atoms with E-state index in [1.54, 1.807) is 0 Å². The highest BCUT2D eigenvalue weighted by molar-refractivity contribution is 5.43. The van der Waals surface area contributed by atoms with Crippen LogP contribution in [-0.2, 0) is 6.61 Å². The number of anilines is 1. The lowest BCUT2D eigenvalue weighted by Gasteiger charge is -2.46. The summed E-state index contributed by atoms with van der Waals surface area (Å²) in [6.07, 6.45) is 0. The van der Waals surface area contributed by atoms with Gasteiger partial charge in [0.25, 0.3) is 0 Å². The van der Waals surface area contributed by atoms with E-state index in [1.807, 2.05) is 18.2 Å². The number of aromatic nitrogens is 1. The smallest absolute Gasteiger partial charge is 0.128 e. The zero-order chi connectivity index (χ0) is 10.2. The van der Waals surface area contributed by atoms with Gasteiger partial charge in [0.1, 0.15) is 5.82 Å². The fourth-order valence-corrected chi connectivity index (χ4v) is 1.88. The van der Waals surface area contributed by atoms with E-state index in [1.165, 1.54) is 0 Å². The topological polar surface area (TPSA) is 36.4 Å². The Kier molecular flexibility index (Phi) is 2.19. The van der Waals surface area contributed by atoms with Gasteiger partial charge in [-0.25, -0.2) is 4.98 Å². The summed E-state index contributed by atoms with van der Waals surface area (Å²) in [6, 6.07) is 5.78. The van der Waals surface area contributed by atoms with Gasteiger partial charge in [0, 0.05) is 13.1 Å². The molecule has 1 aliphatic heterocycles. The van der Waals surface area contributed by atoms with Gasteiger partial charge in [-0.05, 0) is 17.5 Å². The molecule has 0 bridgehead atoms. The second-order valence-electron chi connectivity index (χ2n) is 4.67. The van der Waals surface area contributed by atoms with Crippen LogP contribution < -0.4 is 4.90 Å². The lowest BCUT2D eigenvalue weighted by atomic mass is 9.84. The van der Waals surface area contributed by atoms with Crippen LogP contribution in [0.25, 0.3) is 0 Å². The number of aliphatic hydroxyl groups excluding tert-OH is 1. The zero-order valence-corrected chi connectivity index (χ0v) is 8.70. The molecule has 2 rings (SSSR count). The summed E-state index contributed by atoms with van der Waals surface area (Å²) in [7, 11) is 0. The van der Waals surface area contributed by atoms with Crippen LogP contribution >= 0.6 is 0 Å². The number of nitrogens with zero attached hydrogens (tertiary/aromatic N) is 2. The maximum atomic E-state index is 8.96. The molecular weight excluding hydrogens is 176 g/mol. The third-order valence-electron chi connectivity index (χ3n) is 2.52. The molecule has 14 heavy (non-hydrogen) atoms. The van der Waals surface area contributed by atoms with Crippen molar-refractivity contribution in [2.75, 3.05) is 18.0 Å². The van der Waals surface area contributed by atoms with Crippen molar-refractivity contribution in [2.24, 2.45) is 5.41 Å². The maximum absolute atomic E-state index is 8.96. The summed E-state index contributed by atoms with van der Waals surface area (Å²) in [5, 5.41) is 8.96. The number of rotatable bonds is 2. The first-order valence-corrected chi connectivity index (χ1v) is 4.92. The molecule has 0 spiro atoms. The molecule has 1 saturated heterocycles. The van der Waals surface area contributed by atoms with Gasteiger partial charge < -0.3 is 10.0 Å². The fourth-order valence-electron chi connectivity index (χ4n) is 1.88.